The summed E-state index contributed by atoms with van der Waals surface area (Å²) in [6.45, 7) is 0.604. The highest BCUT2D eigenvalue weighted by atomic mass is 16.5. The van der Waals surface area contributed by atoms with Crippen molar-refractivity contribution in [3.8, 4) is 5.75 Å². The molecule has 1 amide bonds. The second-order valence-electron chi connectivity index (χ2n) is 11.8. The zero-order valence-electron chi connectivity index (χ0n) is 24.1. The minimum atomic E-state index is -1.26. The first kappa shape index (κ1) is 27.2. The van der Waals surface area contributed by atoms with Crippen LogP contribution < -0.4 is 4.74 Å². The van der Waals surface area contributed by atoms with Crippen molar-refractivity contribution in [1.29, 1.82) is 0 Å². The van der Waals surface area contributed by atoms with Gasteiger partial charge in [0.2, 0.25) is 0 Å². The Morgan fingerprint density at radius 3 is 2.09 bits per heavy atom. The first-order valence-corrected chi connectivity index (χ1v) is 14.8. The molecule has 43 heavy (non-hydrogen) atoms. The number of carbonyl (C=O) groups is 2. The van der Waals surface area contributed by atoms with Crippen LogP contribution in [0.25, 0.3) is 10.9 Å². The van der Waals surface area contributed by atoms with Gasteiger partial charge in [-0.3, -0.25) is 9.59 Å². The molecule has 0 radical (unpaired) electrons. The van der Waals surface area contributed by atoms with Gasteiger partial charge in [-0.25, -0.2) is 0 Å². The van der Waals surface area contributed by atoms with E-state index in [4.69, 9.17) is 4.74 Å². The molecule has 3 atom stereocenters. The van der Waals surface area contributed by atoms with Crippen LogP contribution in [0.5, 0.6) is 5.75 Å². The van der Waals surface area contributed by atoms with E-state index in [-0.39, 0.29) is 18.4 Å². The highest BCUT2D eigenvalue weighted by molar-refractivity contribution is 6.44. The number of benzene rings is 4. The largest absolute Gasteiger partial charge is 0.496 e. The molecule has 1 aliphatic heterocycles. The lowest BCUT2D eigenvalue weighted by Crippen LogP contribution is -2.53. The van der Waals surface area contributed by atoms with Gasteiger partial charge in [0.1, 0.15) is 5.75 Å². The normalized spacial score (nSPS) is 22.7. The molecule has 2 N–H and O–H groups in total. The molecule has 0 unspecified atom stereocenters. The summed E-state index contributed by atoms with van der Waals surface area (Å²) in [6, 6.07) is 35.9. The average Bonchev–Trinajstić information content (AvgIpc) is 3.72. The first-order chi connectivity index (χ1) is 21.0. The van der Waals surface area contributed by atoms with E-state index in [2.05, 4.69) is 53.5 Å². The van der Waals surface area contributed by atoms with E-state index < -0.39 is 22.7 Å². The molecule has 2 fully saturated rings. The summed E-state index contributed by atoms with van der Waals surface area (Å²) in [7, 11) is 1.62. The van der Waals surface area contributed by atoms with E-state index in [1.165, 1.54) is 0 Å². The topological polar surface area (TPSA) is 82.6 Å². The summed E-state index contributed by atoms with van der Waals surface area (Å²) in [6.07, 6.45) is 2.75. The Morgan fingerprint density at radius 1 is 0.791 bits per heavy atom. The highest BCUT2D eigenvalue weighted by Crippen LogP contribution is 2.60. The minimum absolute atomic E-state index is 0.166. The molecule has 0 bridgehead atoms. The van der Waals surface area contributed by atoms with E-state index in [1.807, 2.05) is 60.7 Å². The third-order valence-corrected chi connectivity index (χ3v) is 9.93. The molecule has 6 nitrogen and oxygen atoms in total. The van der Waals surface area contributed by atoms with Gasteiger partial charge in [-0.05, 0) is 42.0 Å². The van der Waals surface area contributed by atoms with Crippen molar-refractivity contribution in [2.45, 2.75) is 23.9 Å². The Labute approximate surface area is 250 Å². The Balaban J connectivity index is 1.36. The third-order valence-electron chi connectivity index (χ3n) is 9.93. The zero-order chi connectivity index (χ0) is 29.6. The fraction of sp³-hybridized carbons (Fsp3) is 0.243. The van der Waals surface area contributed by atoms with Gasteiger partial charge in [-0.15, -0.1) is 0 Å². The number of amides is 1. The lowest BCUT2D eigenvalue weighted by molar-refractivity contribution is -0.126. The molecule has 7 rings (SSSR count). The molecule has 1 aliphatic carbocycles. The predicted molar refractivity (Wildman–Crippen MR) is 166 cm³/mol. The molecule has 2 heterocycles. The van der Waals surface area contributed by atoms with Crippen LogP contribution in [0, 0.1) is 11.8 Å². The standard InChI is InChI=1S/C37H34N2O4/c1-43-33-19-11-9-17-29(33)37(42)21-20-36(25-12-4-2-5-13-25,26-14-6-3-7-15-26)30-23-39(24-31(30)37)35(41)34(40)28-22-38-32-18-10-8-16-27(28)32/h2-19,22,30-31,38,42H,20-21,23-24H2,1H3/t30-,31+,37+/m0/s1. The van der Waals surface area contributed by atoms with Crippen LogP contribution in [0.2, 0.25) is 0 Å². The zero-order valence-corrected chi connectivity index (χ0v) is 24.1. The number of ether oxygens (including phenoxy) is 1. The minimum Gasteiger partial charge on any atom is -0.496 e. The fourth-order valence-electron chi connectivity index (χ4n) is 7.92. The van der Waals surface area contributed by atoms with Crippen LogP contribution in [-0.4, -0.2) is 46.9 Å². The summed E-state index contributed by atoms with van der Waals surface area (Å²) in [5, 5.41) is 13.4. The van der Waals surface area contributed by atoms with Crippen molar-refractivity contribution in [1.82, 2.24) is 9.88 Å². The summed E-state index contributed by atoms with van der Waals surface area (Å²) in [5.41, 5.74) is 2.47. The van der Waals surface area contributed by atoms with Crippen LogP contribution in [0.1, 0.15) is 39.9 Å². The maximum absolute atomic E-state index is 14.0. The van der Waals surface area contributed by atoms with Crippen molar-refractivity contribution < 1.29 is 19.4 Å². The molecule has 5 aromatic rings. The fourth-order valence-corrected chi connectivity index (χ4v) is 7.92. The number of nitrogens with one attached hydrogen (secondary N) is 1. The molecule has 6 heteroatoms. The lowest BCUT2D eigenvalue weighted by Gasteiger charge is -2.53. The van der Waals surface area contributed by atoms with Crippen molar-refractivity contribution >= 4 is 22.6 Å². The number of methoxy groups -OCH3 is 1. The Bertz CT molecular complexity index is 1760. The molecule has 1 saturated carbocycles. The number of hydrogen-bond acceptors (Lipinski definition) is 4. The Hall–Kier alpha value is -4.68. The lowest BCUT2D eigenvalue weighted by atomic mass is 9.52. The van der Waals surface area contributed by atoms with Gasteiger partial charge in [-0.1, -0.05) is 97.1 Å². The number of rotatable bonds is 6. The molecule has 2 aliphatic rings. The second kappa shape index (κ2) is 10.5. The Kier molecular flexibility index (Phi) is 6.66. The van der Waals surface area contributed by atoms with Gasteiger partial charge in [0, 0.05) is 47.1 Å². The van der Waals surface area contributed by atoms with Crippen molar-refractivity contribution in [2.24, 2.45) is 11.8 Å². The SMILES string of the molecule is COc1ccccc1[C@]1(O)CCC(c2ccccc2)(c2ccccc2)[C@H]2CN(C(=O)C(=O)c3c[nH]c4ccccc34)C[C@H]21. The number of likely N-dealkylation sites (tertiary alicyclic amines) is 1. The van der Waals surface area contributed by atoms with E-state index >= 15 is 0 Å². The monoisotopic (exact) mass is 570 g/mol. The number of aromatic amines is 1. The number of Topliss-reactive ketones (excluding diaryl/α,β-unsaturated/α-hetero) is 1. The van der Waals surface area contributed by atoms with Crippen LogP contribution in [0.3, 0.4) is 0 Å². The highest BCUT2D eigenvalue weighted by Gasteiger charge is 2.61. The van der Waals surface area contributed by atoms with Crippen LogP contribution >= 0.6 is 0 Å². The van der Waals surface area contributed by atoms with Gasteiger partial charge < -0.3 is 19.7 Å². The summed E-state index contributed by atoms with van der Waals surface area (Å²) in [5.74, 6) is -0.979. The predicted octanol–water partition coefficient (Wildman–Crippen LogP) is 6.10. The average molecular weight is 571 g/mol. The van der Waals surface area contributed by atoms with Crippen molar-refractivity contribution in [2.75, 3.05) is 20.2 Å². The maximum Gasteiger partial charge on any atom is 0.295 e. The number of fused-ring (bicyclic) bond motifs is 2. The van der Waals surface area contributed by atoms with Crippen LogP contribution in [0.15, 0.2) is 115 Å². The molecular formula is C37H34N2O4. The van der Waals surface area contributed by atoms with E-state index in [0.717, 1.165) is 27.6 Å². The molecule has 0 spiro atoms. The first-order valence-electron chi connectivity index (χ1n) is 14.8. The van der Waals surface area contributed by atoms with Crippen molar-refractivity contribution in [3.63, 3.8) is 0 Å². The molecule has 1 aromatic heterocycles. The second-order valence-corrected chi connectivity index (χ2v) is 11.8. The number of aromatic nitrogens is 1. The summed E-state index contributed by atoms with van der Waals surface area (Å²) in [4.78, 5) is 32.6. The number of H-pyrrole nitrogens is 1. The van der Waals surface area contributed by atoms with Crippen LogP contribution in [0.4, 0.5) is 0 Å². The van der Waals surface area contributed by atoms with Gasteiger partial charge in [0.15, 0.2) is 0 Å². The van der Waals surface area contributed by atoms with Gasteiger partial charge >= 0.3 is 0 Å². The summed E-state index contributed by atoms with van der Waals surface area (Å²) >= 11 is 0. The van der Waals surface area contributed by atoms with Crippen LogP contribution in [-0.2, 0) is 15.8 Å². The van der Waals surface area contributed by atoms with Crippen molar-refractivity contribution in [3.05, 3.63) is 138 Å². The molecule has 216 valence electrons. The Morgan fingerprint density at radius 2 is 1.40 bits per heavy atom. The molecular weight excluding hydrogens is 536 g/mol. The van der Waals surface area contributed by atoms with E-state index in [1.54, 1.807) is 18.2 Å². The van der Waals surface area contributed by atoms with E-state index in [0.29, 0.717) is 30.7 Å². The van der Waals surface area contributed by atoms with Gasteiger partial charge in [0.25, 0.3) is 11.7 Å². The number of nitrogens with zero attached hydrogens (tertiary/aromatic N) is 1. The quantitative estimate of drug-likeness (QED) is 0.191. The number of carbonyl (C=O) groups excluding carboxylic acids is 2. The number of ketones is 1. The maximum atomic E-state index is 14.0. The smallest absolute Gasteiger partial charge is 0.295 e. The summed E-state index contributed by atoms with van der Waals surface area (Å²) < 4.78 is 5.74. The van der Waals surface area contributed by atoms with E-state index in [9.17, 15) is 14.7 Å². The number of aliphatic hydroxyl groups is 1. The third kappa shape index (κ3) is 4.20. The van der Waals surface area contributed by atoms with Gasteiger partial charge in [-0.2, -0.15) is 0 Å². The molecule has 4 aromatic carbocycles. The number of hydrogen-bond donors (Lipinski definition) is 2. The van der Waals surface area contributed by atoms with Gasteiger partial charge in [0.05, 0.1) is 18.3 Å². The molecule has 1 saturated heterocycles. The number of para-hydroxylation sites is 2.